The fourth-order valence-electron chi connectivity index (χ4n) is 1.05. The lowest BCUT2D eigenvalue weighted by Gasteiger charge is -2.23. The zero-order valence-corrected chi connectivity index (χ0v) is 7.76. The molecule has 0 atom stereocenters. The standard InChI is InChI=1S/C10H14FN/c1-7(2)9-5-10(11)8(3)12(4)6-9/h5-7H,3H2,1-2,4H3. The first-order valence-electron chi connectivity index (χ1n) is 4.03. The second-order valence-electron chi connectivity index (χ2n) is 3.33. The molecule has 1 rings (SSSR count). The van der Waals surface area contributed by atoms with Crippen molar-refractivity contribution in [3.63, 3.8) is 0 Å². The van der Waals surface area contributed by atoms with Crippen LogP contribution < -0.4 is 0 Å². The normalized spacial score (nSPS) is 18.1. The fourth-order valence-corrected chi connectivity index (χ4v) is 1.05. The molecular weight excluding hydrogens is 153 g/mol. The lowest BCUT2D eigenvalue weighted by atomic mass is 10.0. The van der Waals surface area contributed by atoms with Gasteiger partial charge in [0.2, 0.25) is 0 Å². The summed E-state index contributed by atoms with van der Waals surface area (Å²) in [6.45, 7) is 7.69. The molecule has 0 saturated heterocycles. The Balaban J connectivity index is 2.95. The van der Waals surface area contributed by atoms with Crippen LogP contribution in [0.3, 0.4) is 0 Å². The number of nitrogens with zero attached hydrogens (tertiary/aromatic N) is 1. The van der Waals surface area contributed by atoms with Crippen molar-refractivity contribution in [1.82, 2.24) is 4.90 Å². The van der Waals surface area contributed by atoms with Crippen molar-refractivity contribution in [2.45, 2.75) is 13.8 Å². The maximum Gasteiger partial charge on any atom is 0.146 e. The molecule has 0 aromatic carbocycles. The Labute approximate surface area is 72.9 Å². The fraction of sp³-hybridized carbons (Fsp3) is 0.400. The van der Waals surface area contributed by atoms with E-state index in [2.05, 4.69) is 6.58 Å². The van der Waals surface area contributed by atoms with Gasteiger partial charge in [0.15, 0.2) is 0 Å². The van der Waals surface area contributed by atoms with Crippen LogP contribution in [0.4, 0.5) is 4.39 Å². The molecule has 1 nitrogen and oxygen atoms in total. The lowest BCUT2D eigenvalue weighted by Crippen LogP contribution is -2.15. The molecule has 0 saturated carbocycles. The number of rotatable bonds is 1. The summed E-state index contributed by atoms with van der Waals surface area (Å²) in [5.41, 5.74) is 1.43. The van der Waals surface area contributed by atoms with Crippen molar-refractivity contribution >= 4 is 0 Å². The van der Waals surface area contributed by atoms with Gasteiger partial charge in [-0.15, -0.1) is 0 Å². The molecule has 1 aliphatic rings. The summed E-state index contributed by atoms with van der Waals surface area (Å²) in [7, 11) is 1.80. The minimum absolute atomic E-state index is 0.233. The first kappa shape index (κ1) is 9.04. The SMILES string of the molecule is C=C1C(F)=CC(C(C)C)=CN1C. The molecule has 0 fully saturated rings. The molecule has 0 aromatic heterocycles. The van der Waals surface area contributed by atoms with Crippen LogP contribution in [-0.4, -0.2) is 11.9 Å². The van der Waals surface area contributed by atoms with Crippen molar-refractivity contribution < 1.29 is 4.39 Å². The van der Waals surface area contributed by atoms with E-state index in [1.807, 2.05) is 20.0 Å². The molecule has 0 amide bonds. The van der Waals surface area contributed by atoms with Crippen molar-refractivity contribution in [2.75, 3.05) is 7.05 Å². The molecule has 0 radical (unpaired) electrons. The first-order chi connectivity index (χ1) is 5.52. The van der Waals surface area contributed by atoms with E-state index in [0.717, 1.165) is 5.57 Å². The quantitative estimate of drug-likeness (QED) is 0.580. The van der Waals surface area contributed by atoms with E-state index in [0.29, 0.717) is 11.6 Å². The molecule has 2 heteroatoms. The molecule has 0 aliphatic carbocycles. The summed E-state index contributed by atoms with van der Waals surface area (Å²) >= 11 is 0. The monoisotopic (exact) mass is 167 g/mol. The van der Waals surface area contributed by atoms with Crippen molar-refractivity contribution in [2.24, 2.45) is 5.92 Å². The third kappa shape index (κ3) is 1.58. The van der Waals surface area contributed by atoms with Gasteiger partial charge in [-0.25, -0.2) is 4.39 Å². The molecular formula is C10H14FN. The molecule has 0 bridgehead atoms. The molecule has 12 heavy (non-hydrogen) atoms. The number of hydrogen-bond acceptors (Lipinski definition) is 1. The van der Waals surface area contributed by atoms with E-state index < -0.39 is 0 Å². The summed E-state index contributed by atoms with van der Waals surface area (Å²) in [5, 5.41) is 0. The highest BCUT2D eigenvalue weighted by Crippen LogP contribution is 2.25. The number of halogens is 1. The van der Waals surface area contributed by atoms with E-state index in [1.54, 1.807) is 18.0 Å². The highest BCUT2D eigenvalue weighted by molar-refractivity contribution is 5.37. The minimum atomic E-state index is -0.233. The maximum absolute atomic E-state index is 13.1. The highest BCUT2D eigenvalue weighted by atomic mass is 19.1. The topological polar surface area (TPSA) is 3.24 Å². The summed E-state index contributed by atoms with van der Waals surface area (Å²) in [5.74, 6) is 0.120. The van der Waals surface area contributed by atoms with Crippen molar-refractivity contribution in [3.8, 4) is 0 Å². The smallest absolute Gasteiger partial charge is 0.146 e. The molecule has 0 N–H and O–H groups in total. The predicted molar refractivity (Wildman–Crippen MR) is 49.0 cm³/mol. The van der Waals surface area contributed by atoms with Gasteiger partial charge in [0.1, 0.15) is 5.83 Å². The van der Waals surface area contributed by atoms with Gasteiger partial charge in [-0.05, 0) is 17.6 Å². The zero-order valence-electron chi connectivity index (χ0n) is 7.76. The zero-order chi connectivity index (χ0) is 9.30. The highest BCUT2D eigenvalue weighted by Gasteiger charge is 2.14. The third-order valence-electron chi connectivity index (χ3n) is 2.00. The molecule has 1 aliphatic heterocycles. The van der Waals surface area contributed by atoms with Crippen LogP contribution in [0.2, 0.25) is 0 Å². The average Bonchev–Trinajstić information content (AvgIpc) is 1.99. The Hall–Kier alpha value is -1.05. The van der Waals surface area contributed by atoms with E-state index in [9.17, 15) is 4.39 Å². The summed E-state index contributed by atoms with van der Waals surface area (Å²) in [6.07, 6.45) is 3.46. The van der Waals surface area contributed by atoms with Gasteiger partial charge >= 0.3 is 0 Å². The van der Waals surface area contributed by atoms with Crippen LogP contribution in [0.1, 0.15) is 13.8 Å². The van der Waals surface area contributed by atoms with Gasteiger partial charge in [0, 0.05) is 13.2 Å². The Morgan fingerprint density at radius 3 is 2.50 bits per heavy atom. The van der Waals surface area contributed by atoms with E-state index in [-0.39, 0.29) is 5.83 Å². The van der Waals surface area contributed by atoms with E-state index >= 15 is 0 Å². The second kappa shape index (κ2) is 3.13. The van der Waals surface area contributed by atoms with Gasteiger partial charge in [-0.3, -0.25) is 0 Å². The van der Waals surface area contributed by atoms with Gasteiger partial charge in [0.25, 0.3) is 0 Å². The Morgan fingerprint density at radius 1 is 1.50 bits per heavy atom. The number of hydrogen-bond donors (Lipinski definition) is 0. The Bertz CT molecular complexity index is 261. The van der Waals surface area contributed by atoms with Crippen molar-refractivity contribution in [3.05, 3.63) is 36.0 Å². The number of allylic oxidation sites excluding steroid dienone is 3. The summed E-state index contributed by atoms with van der Waals surface area (Å²) in [4.78, 5) is 1.71. The largest absolute Gasteiger partial charge is 0.349 e. The van der Waals surface area contributed by atoms with E-state index in [4.69, 9.17) is 0 Å². The van der Waals surface area contributed by atoms with Crippen LogP contribution in [0.5, 0.6) is 0 Å². The average molecular weight is 167 g/mol. The van der Waals surface area contributed by atoms with Crippen LogP contribution >= 0.6 is 0 Å². The molecule has 0 spiro atoms. The van der Waals surface area contributed by atoms with E-state index in [1.165, 1.54) is 0 Å². The molecule has 1 heterocycles. The third-order valence-corrected chi connectivity index (χ3v) is 2.00. The maximum atomic E-state index is 13.1. The molecule has 66 valence electrons. The minimum Gasteiger partial charge on any atom is -0.349 e. The van der Waals surface area contributed by atoms with Crippen molar-refractivity contribution in [1.29, 1.82) is 0 Å². The van der Waals surface area contributed by atoms with Gasteiger partial charge in [-0.2, -0.15) is 0 Å². The van der Waals surface area contributed by atoms with Crippen LogP contribution in [0.15, 0.2) is 36.0 Å². The second-order valence-corrected chi connectivity index (χ2v) is 3.33. The van der Waals surface area contributed by atoms with Gasteiger partial charge < -0.3 is 4.90 Å². The van der Waals surface area contributed by atoms with Crippen LogP contribution in [-0.2, 0) is 0 Å². The van der Waals surface area contributed by atoms with Gasteiger partial charge in [0.05, 0.1) is 5.70 Å². The van der Waals surface area contributed by atoms with Crippen LogP contribution in [0, 0.1) is 5.92 Å². The molecule has 0 aromatic rings. The van der Waals surface area contributed by atoms with Crippen LogP contribution in [0.25, 0.3) is 0 Å². The van der Waals surface area contributed by atoms with Gasteiger partial charge in [-0.1, -0.05) is 20.4 Å². The summed E-state index contributed by atoms with van der Waals surface area (Å²) in [6, 6.07) is 0. The lowest BCUT2D eigenvalue weighted by molar-refractivity contribution is 0.496. The first-order valence-corrected chi connectivity index (χ1v) is 4.03. The number of likely N-dealkylation sites (N-methyl/N-ethyl adjacent to an activating group) is 1. The molecule has 0 unspecified atom stereocenters. The predicted octanol–water partition coefficient (Wildman–Crippen LogP) is 2.84. The Kier molecular flexibility index (Phi) is 2.36. The Morgan fingerprint density at radius 2 is 2.08 bits per heavy atom. The summed E-state index contributed by atoms with van der Waals surface area (Å²) < 4.78 is 13.1.